The molecule has 1 heterocycles. The highest BCUT2D eigenvalue weighted by Gasteiger charge is 2.25. The number of hydrogen-bond donors (Lipinski definition) is 3. The third kappa shape index (κ3) is 6.26. The minimum Gasteiger partial charge on any atom is -0.496 e. The van der Waals surface area contributed by atoms with Gasteiger partial charge >= 0.3 is 0 Å². The number of alkyl halides is 1. The molecule has 0 aliphatic carbocycles. The number of halogens is 2. The van der Waals surface area contributed by atoms with Gasteiger partial charge < -0.3 is 24.5 Å². The fourth-order valence-corrected chi connectivity index (χ4v) is 3.48. The predicted molar refractivity (Wildman–Crippen MR) is 128 cm³/mol. The van der Waals surface area contributed by atoms with Gasteiger partial charge in [-0.25, -0.2) is 9.37 Å². The molecule has 0 radical (unpaired) electrons. The predicted octanol–water partition coefficient (Wildman–Crippen LogP) is 4.80. The molecule has 0 aliphatic rings. The number of rotatable bonds is 11. The van der Waals surface area contributed by atoms with Crippen molar-refractivity contribution in [2.24, 2.45) is 0 Å². The van der Waals surface area contributed by atoms with Crippen LogP contribution in [0.5, 0.6) is 11.5 Å². The molecule has 0 unspecified atom stereocenters. The first-order valence-corrected chi connectivity index (χ1v) is 10.9. The lowest BCUT2D eigenvalue weighted by molar-refractivity contribution is 0.0921. The van der Waals surface area contributed by atoms with Gasteiger partial charge in [0.2, 0.25) is 5.89 Å². The van der Waals surface area contributed by atoms with Crippen LogP contribution >= 0.6 is 11.6 Å². The zero-order valence-corrected chi connectivity index (χ0v) is 19.6. The summed E-state index contributed by atoms with van der Waals surface area (Å²) in [5.74, 6) is 0.951. The van der Waals surface area contributed by atoms with Gasteiger partial charge in [0.25, 0.3) is 5.91 Å². The highest BCUT2D eigenvalue weighted by atomic mass is 35.5. The van der Waals surface area contributed by atoms with Gasteiger partial charge in [-0.2, -0.15) is 0 Å². The van der Waals surface area contributed by atoms with Gasteiger partial charge in [-0.1, -0.05) is 17.7 Å². The van der Waals surface area contributed by atoms with Crippen molar-refractivity contribution < 1.29 is 23.1 Å². The molecule has 0 fully saturated rings. The minimum atomic E-state index is -0.863. The van der Waals surface area contributed by atoms with Crippen molar-refractivity contribution in [3.8, 4) is 22.8 Å². The Morgan fingerprint density at radius 3 is 2.47 bits per heavy atom. The molecule has 0 spiro atoms. The first-order valence-electron chi connectivity index (χ1n) is 10.6. The molecule has 180 valence electrons. The summed E-state index contributed by atoms with van der Waals surface area (Å²) in [7, 11) is 2.95. The maximum atomic E-state index is 13.2. The summed E-state index contributed by atoms with van der Waals surface area (Å²) < 4.78 is 29.2. The Hall–Kier alpha value is -3.59. The number of nitrogens with zero attached hydrogens (tertiary/aromatic N) is 1. The molecule has 0 aliphatic heterocycles. The largest absolute Gasteiger partial charge is 0.496 e. The number of oxazole rings is 1. The molecule has 0 saturated carbocycles. The van der Waals surface area contributed by atoms with Crippen LogP contribution in [0, 0.1) is 5.41 Å². The third-order valence-corrected chi connectivity index (χ3v) is 5.30. The summed E-state index contributed by atoms with van der Waals surface area (Å²) in [5, 5.41) is 13.6. The zero-order valence-electron chi connectivity index (χ0n) is 18.9. The summed E-state index contributed by atoms with van der Waals surface area (Å²) >= 11 is 5.96. The summed E-state index contributed by atoms with van der Waals surface area (Å²) in [6.07, 6.45) is 2.53. The molecule has 1 atom stereocenters. The second kappa shape index (κ2) is 12.0. The lowest BCUT2D eigenvalue weighted by Gasteiger charge is -2.18. The van der Waals surface area contributed by atoms with Gasteiger partial charge in [-0.3, -0.25) is 10.2 Å². The van der Waals surface area contributed by atoms with Crippen molar-refractivity contribution in [2.45, 2.75) is 18.9 Å². The van der Waals surface area contributed by atoms with Crippen molar-refractivity contribution >= 4 is 23.3 Å². The Labute approximate surface area is 201 Å². The molecule has 0 saturated heterocycles. The number of amides is 1. The molecular formula is C24H26ClFN4O4. The Bertz CT molecular complexity index is 1100. The first-order chi connectivity index (χ1) is 16.5. The Morgan fingerprint density at radius 2 is 1.85 bits per heavy atom. The molecule has 3 rings (SSSR count). The van der Waals surface area contributed by atoms with E-state index in [0.29, 0.717) is 47.6 Å². The summed E-state index contributed by atoms with van der Waals surface area (Å²) in [6.45, 7) is -0.504. The number of hydrogen-bond acceptors (Lipinski definition) is 6. The highest BCUT2D eigenvalue weighted by Crippen LogP contribution is 2.30. The van der Waals surface area contributed by atoms with Crippen LogP contribution in [0.3, 0.4) is 0 Å². The van der Waals surface area contributed by atoms with Gasteiger partial charge in [-0.15, -0.1) is 0 Å². The van der Waals surface area contributed by atoms with Crippen LogP contribution in [-0.2, 0) is 0 Å². The zero-order chi connectivity index (χ0) is 24.5. The molecular weight excluding hydrogens is 463 g/mol. The van der Waals surface area contributed by atoms with Gasteiger partial charge in [0.15, 0.2) is 5.76 Å². The van der Waals surface area contributed by atoms with E-state index >= 15 is 0 Å². The fourth-order valence-electron chi connectivity index (χ4n) is 3.35. The molecule has 8 nitrogen and oxygen atoms in total. The smallest absolute Gasteiger partial charge is 0.259 e. The lowest BCUT2D eigenvalue weighted by Crippen LogP contribution is -2.31. The van der Waals surface area contributed by atoms with E-state index in [4.69, 9.17) is 30.9 Å². The fraction of sp³-hybridized carbons (Fsp3) is 0.292. The molecule has 2 aromatic carbocycles. The lowest BCUT2D eigenvalue weighted by atomic mass is 10.1. The van der Waals surface area contributed by atoms with E-state index in [1.54, 1.807) is 36.5 Å². The summed E-state index contributed by atoms with van der Waals surface area (Å²) in [5.41, 5.74) is 1.04. The second-order valence-corrected chi connectivity index (χ2v) is 7.75. The van der Waals surface area contributed by atoms with Gasteiger partial charge in [0.05, 0.1) is 20.4 Å². The molecule has 1 aromatic heterocycles. The van der Waals surface area contributed by atoms with E-state index in [1.165, 1.54) is 14.2 Å². The van der Waals surface area contributed by atoms with E-state index in [2.05, 4.69) is 15.6 Å². The molecule has 0 bridgehead atoms. The molecule has 10 heteroatoms. The number of carbonyl (C=O) groups excluding carboxylic acids is 1. The number of benzene rings is 2. The van der Waals surface area contributed by atoms with Crippen molar-refractivity contribution in [1.29, 1.82) is 5.41 Å². The maximum Gasteiger partial charge on any atom is 0.259 e. The number of aromatic nitrogens is 1. The van der Waals surface area contributed by atoms with Crippen LogP contribution in [0.15, 0.2) is 53.1 Å². The van der Waals surface area contributed by atoms with Crippen molar-refractivity contribution in [3.05, 3.63) is 65.1 Å². The number of nitrogens with one attached hydrogen (secondary N) is 3. The van der Waals surface area contributed by atoms with Crippen LogP contribution < -0.4 is 20.1 Å². The van der Waals surface area contributed by atoms with Crippen molar-refractivity contribution in [1.82, 2.24) is 15.6 Å². The van der Waals surface area contributed by atoms with E-state index < -0.39 is 18.6 Å². The van der Waals surface area contributed by atoms with Crippen molar-refractivity contribution in [2.75, 3.05) is 27.4 Å². The number of ether oxygens (including phenoxy) is 2. The molecule has 3 aromatic rings. The normalized spacial score (nSPS) is 11.5. The molecule has 34 heavy (non-hydrogen) atoms. The quantitative estimate of drug-likeness (QED) is 0.203. The number of methoxy groups -OCH3 is 2. The first kappa shape index (κ1) is 25.0. The van der Waals surface area contributed by atoms with Gasteiger partial charge in [0.1, 0.15) is 35.6 Å². The average Bonchev–Trinajstić information content (AvgIpc) is 3.35. The van der Waals surface area contributed by atoms with Crippen molar-refractivity contribution in [3.63, 3.8) is 0 Å². The Morgan fingerprint density at radius 1 is 1.18 bits per heavy atom. The van der Waals surface area contributed by atoms with Gasteiger partial charge in [0, 0.05) is 17.1 Å². The molecule has 3 N–H and O–H groups in total. The average molecular weight is 489 g/mol. The van der Waals surface area contributed by atoms with E-state index in [0.717, 1.165) is 5.56 Å². The SMILES string of the molecule is COc1cccc(OC)c1C(=O)N[C@@H](CCCNC(=N)CF)c1ncc(-c2ccc(Cl)cc2)o1. The van der Waals surface area contributed by atoms with Gasteiger partial charge in [-0.05, 0) is 49.2 Å². The Balaban J connectivity index is 1.84. The third-order valence-electron chi connectivity index (χ3n) is 5.05. The monoisotopic (exact) mass is 488 g/mol. The van der Waals surface area contributed by atoms with Crippen LogP contribution in [0.4, 0.5) is 4.39 Å². The van der Waals surface area contributed by atoms with Crippen LogP contribution in [0.2, 0.25) is 5.02 Å². The molecule has 1 amide bonds. The topological polar surface area (TPSA) is 109 Å². The number of carbonyl (C=O) groups is 1. The standard InChI is InChI=1S/C24H26ClFN4O4/c1-32-18-6-3-7-19(33-2)22(18)23(31)30-17(5-4-12-28-21(27)13-26)24-29-14-20(34-24)15-8-10-16(25)11-9-15/h3,6-11,14,17H,4-5,12-13H2,1-2H3,(H2,27,28)(H,30,31)/t17-/m0/s1. The summed E-state index contributed by atoms with van der Waals surface area (Å²) in [6, 6.07) is 11.6. The van der Waals surface area contributed by atoms with Crippen LogP contribution in [0.1, 0.15) is 35.1 Å². The Kier molecular flexibility index (Phi) is 8.86. The minimum absolute atomic E-state index is 0.194. The van der Waals surface area contributed by atoms with E-state index in [1.807, 2.05) is 12.1 Å². The highest BCUT2D eigenvalue weighted by molar-refractivity contribution is 6.30. The summed E-state index contributed by atoms with van der Waals surface area (Å²) in [4.78, 5) is 17.6. The van der Waals surface area contributed by atoms with E-state index in [9.17, 15) is 9.18 Å². The van der Waals surface area contributed by atoms with E-state index in [-0.39, 0.29) is 11.4 Å². The van der Waals surface area contributed by atoms with Crippen LogP contribution in [-0.4, -0.2) is 44.2 Å². The maximum absolute atomic E-state index is 13.2. The second-order valence-electron chi connectivity index (χ2n) is 7.31. The van der Waals surface area contributed by atoms with Crippen LogP contribution in [0.25, 0.3) is 11.3 Å². The number of amidine groups is 1.